The molecule has 4 heteroatoms. The minimum absolute atomic E-state index is 0.464. The zero-order valence-corrected chi connectivity index (χ0v) is 8.49. The molecule has 1 aliphatic rings. The van der Waals surface area contributed by atoms with Gasteiger partial charge in [0.25, 0.3) is 0 Å². The first-order valence-electron chi connectivity index (χ1n) is 4.94. The molecule has 14 heavy (non-hydrogen) atoms. The number of aromatic nitrogens is 2. The highest BCUT2D eigenvalue weighted by molar-refractivity contribution is 5.80. The van der Waals surface area contributed by atoms with Crippen LogP contribution >= 0.6 is 0 Å². The summed E-state index contributed by atoms with van der Waals surface area (Å²) in [5, 5.41) is 4.35. The van der Waals surface area contributed by atoms with Crippen molar-refractivity contribution in [2.45, 2.75) is 26.8 Å². The first-order chi connectivity index (χ1) is 6.76. The maximum Gasteiger partial charge on any atom is 0.222 e. The quantitative estimate of drug-likeness (QED) is 0.666. The van der Waals surface area contributed by atoms with Crippen molar-refractivity contribution in [2.75, 3.05) is 6.61 Å². The van der Waals surface area contributed by atoms with Crippen LogP contribution in [-0.2, 0) is 13.0 Å². The summed E-state index contributed by atoms with van der Waals surface area (Å²) >= 11 is 0. The monoisotopic (exact) mass is 194 g/mol. The number of hydrogen-bond donors (Lipinski definition) is 0. The summed E-state index contributed by atoms with van der Waals surface area (Å²) in [6.45, 7) is 5.62. The number of aryl methyl sites for hydroxylation is 1. The standard InChI is InChI=1S/C10H14N2O2/c1-3-9-8(5-13)10-12(11-9)4-7(2)6-14-10/h5,7H,3-4,6H2,1-2H3. The molecule has 0 aliphatic carbocycles. The molecule has 0 bridgehead atoms. The van der Waals surface area contributed by atoms with E-state index in [2.05, 4.69) is 12.0 Å². The Morgan fingerprint density at radius 1 is 1.71 bits per heavy atom. The van der Waals surface area contributed by atoms with Crippen molar-refractivity contribution in [2.24, 2.45) is 5.92 Å². The zero-order valence-electron chi connectivity index (χ0n) is 8.49. The largest absolute Gasteiger partial charge is 0.477 e. The third-order valence-electron chi connectivity index (χ3n) is 2.46. The Balaban J connectivity index is 2.45. The Hall–Kier alpha value is -1.32. The average molecular weight is 194 g/mol. The van der Waals surface area contributed by atoms with E-state index in [0.717, 1.165) is 24.9 Å². The normalized spacial score (nSPS) is 20.0. The predicted octanol–water partition coefficient (Wildman–Crippen LogP) is 1.29. The number of carbonyl (C=O) groups excluding carboxylic acids is 1. The van der Waals surface area contributed by atoms with Crippen LogP contribution in [0.5, 0.6) is 5.88 Å². The second kappa shape index (κ2) is 3.44. The van der Waals surface area contributed by atoms with E-state index in [4.69, 9.17) is 4.74 Å². The van der Waals surface area contributed by atoms with Crippen molar-refractivity contribution < 1.29 is 9.53 Å². The minimum Gasteiger partial charge on any atom is -0.477 e. The van der Waals surface area contributed by atoms with Crippen molar-refractivity contribution in [1.82, 2.24) is 9.78 Å². The lowest BCUT2D eigenvalue weighted by Crippen LogP contribution is -2.23. The molecule has 76 valence electrons. The molecular weight excluding hydrogens is 180 g/mol. The number of ether oxygens (including phenoxy) is 1. The molecular formula is C10H14N2O2. The van der Waals surface area contributed by atoms with Crippen LogP contribution in [0, 0.1) is 5.92 Å². The van der Waals surface area contributed by atoms with Gasteiger partial charge in [0.15, 0.2) is 6.29 Å². The average Bonchev–Trinajstić information content (AvgIpc) is 2.54. The van der Waals surface area contributed by atoms with Crippen LogP contribution in [-0.4, -0.2) is 22.7 Å². The van der Waals surface area contributed by atoms with Crippen molar-refractivity contribution in [3.8, 4) is 5.88 Å². The number of carbonyl (C=O) groups is 1. The summed E-state index contributed by atoms with van der Waals surface area (Å²) in [6.07, 6.45) is 1.61. The van der Waals surface area contributed by atoms with Gasteiger partial charge in [-0.1, -0.05) is 13.8 Å². The van der Waals surface area contributed by atoms with Gasteiger partial charge in [0.05, 0.1) is 24.4 Å². The lowest BCUT2D eigenvalue weighted by molar-refractivity contribution is 0.111. The number of rotatable bonds is 2. The fourth-order valence-electron chi connectivity index (χ4n) is 1.73. The van der Waals surface area contributed by atoms with Gasteiger partial charge < -0.3 is 4.74 Å². The summed E-state index contributed by atoms with van der Waals surface area (Å²) in [7, 11) is 0. The molecule has 0 N–H and O–H groups in total. The van der Waals surface area contributed by atoms with E-state index in [9.17, 15) is 4.79 Å². The van der Waals surface area contributed by atoms with E-state index in [1.807, 2.05) is 6.92 Å². The van der Waals surface area contributed by atoms with Gasteiger partial charge in [-0.2, -0.15) is 5.10 Å². The van der Waals surface area contributed by atoms with Gasteiger partial charge in [0.1, 0.15) is 0 Å². The third kappa shape index (κ3) is 1.31. The SMILES string of the molecule is CCc1nn2c(c1C=O)OCC(C)C2. The lowest BCUT2D eigenvalue weighted by atomic mass is 10.2. The Morgan fingerprint density at radius 2 is 2.50 bits per heavy atom. The van der Waals surface area contributed by atoms with E-state index in [-0.39, 0.29) is 0 Å². The molecule has 0 saturated carbocycles. The lowest BCUT2D eigenvalue weighted by Gasteiger charge is -2.20. The van der Waals surface area contributed by atoms with Gasteiger partial charge in [-0.25, -0.2) is 4.68 Å². The fourth-order valence-corrected chi connectivity index (χ4v) is 1.73. The summed E-state index contributed by atoms with van der Waals surface area (Å²) in [5.41, 5.74) is 1.46. The Kier molecular flexibility index (Phi) is 2.27. The Morgan fingerprint density at radius 3 is 3.14 bits per heavy atom. The summed E-state index contributed by atoms with van der Waals surface area (Å²) < 4.78 is 7.31. The molecule has 0 spiro atoms. The molecule has 1 unspecified atom stereocenters. The van der Waals surface area contributed by atoms with Crippen LogP contribution in [0.4, 0.5) is 0 Å². The highest BCUT2D eigenvalue weighted by Crippen LogP contribution is 2.26. The molecule has 0 amide bonds. The Bertz CT molecular complexity index is 357. The van der Waals surface area contributed by atoms with Gasteiger partial charge in [0.2, 0.25) is 5.88 Å². The number of fused-ring (bicyclic) bond motifs is 1. The number of aldehydes is 1. The molecule has 1 aliphatic heterocycles. The highest BCUT2D eigenvalue weighted by atomic mass is 16.5. The topological polar surface area (TPSA) is 44.1 Å². The van der Waals surface area contributed by atoms with Crippen LogP contribution in [0.25, 0.3) is 0 Å². The first-order valence-corrected chi connectivity index (χ1v) is 4.94. The molecule has 4 nitrogen and oxygen atoms in total. The van der Waals surface area contributed by atoms with Crippen LogP contribution < -0.4 is 4.74 Å². The summed E-state index contributed by atoms with van der Waals surface area (Å²) in [5.74, 6) is 1.11. The summed E-state index contributed by atoms with van der Waals surface area (Å²) in [6, 6.07) is 0. The number of nitrogens with zero attached hydrogens (tertiary/aromatic N) is 2. The van der Waals surface area contributed by atoms with E-state index in [1.54, 1.807) is 4.68 Å². The van der Waals surface area contributed by atoms with Crippen molar-refractivity contribution in [3.05, 3.63) is 11.3 Å². The summed E-state index contributed by atoms with van der Waals surface area (Å²) in [4.78, 5) is 10.9. The minimum atomic E-state index is 0.464. The highest BCUT2D eigenvalue weighted by Gasteiger charge is 2.23. The Labute approximate surface area is 82.9 Å². The molecule has 0 saturated heterocycles. The van der Waals surface area contributed by atoms with Crippen LogP contribution in [0.15, 0.2) is 0 Å². The van der Waals surface area contributed by atoms with Gasteiger partial charge >= 0.3 is 0 Å². The van der Waals surface area contributed by atoms with Gasteiger partial charge in [-0.15, -0.1) is 0 Å². The third-order valence-corrected chi connectivity index (χ3v) is 2.46. The first kappa shape index (κ1) is 9.24. The molecule has 1 aromatic heterocycles. The van der Waals surface area contributed by atoms with Crippen molar-refractivity contribution in [1.29, 1.82) is 0 Å². The molecule has 1 atom stereocenters. The maximum atomic E-state index is 10.9. The second-order valence-corrected chi connectivity index (χ2v) is 3.74. The van der Waals surface area contributed by atoms with Crippen LogP contribution in [0.2, 0.25) is 0 Å². The van der Waals surface area contributed by atoms with Gasteiger partial charge in [-0.3, -0.25) is 4.79 Å². The molecule has 1 aromatic rings. The van der Waals surface area contributed by atoms with Crippen LogP contribution in [0.3, 0.4) is 0 Å². The molecule has 2 heterocycles. The predicted molar refractivity (Wildman–Crippen MR) is 51.7 cm³/mol. The van der Waals surface area contributed by atoms with E-state index in [0.29, 0.717) is 24.0 Å². The molecule has 0 aromatic carbocycles. The van der Waals surface area contributed by atoms with Crippen LogP contribution in [0.1, 0.15) is 29.9 Å². The second-order valence-electron chi connectivity index (χ2n) is 3.74. The maximum absolute atomic E-state index is 10.9. The van der Waals surface area contributed by atoms with Crippen molar-refractivity contribution >= 4 is 6.29 Å². The smallest absolute Gasteiger partial charge is 0.222 e. The number of hydrogen-bond acceptors (Lipinski definition) is 3. The van der Waals surface area contributed by atoms with Gasteiger partial charge in [-0.05, 0) is 6.42 Å². The molecule has 0 radical (unpaired) electrons. The van der Waals surface area contributed by atoms with E-state index in [1.165, 1.54) is 0 Å². The molecule has 2 rings (SSSR count). The fraction of sp³-hybridized carbons (Fsp3) is 0.600. The van der Waals surface area contributed by atoms with E-state index >= 15 is 0 Å². The molecule has 0 fully saturated rings. The van der Waals surface area contributed by atoms with Crippen molar-refractivity contribution in [3.63, 3.8) is 0 Å². The zero-order chi connectivity index (χ0) is 10.1. The van der Waals surface area contributed by atoms with Gasteiger partial charge in [0, 0.05) is 5.92 Å². The van der Waals surface area contributed by atoms with E-state index < -0.39 is 0 Å².